The minimum absolute atomic E-state index is 0.0722. The van der Waals surface area contributed by atoms with Crippen LogP contribution in [0.2, 0.25) is 10.0 Å². The van der Waals surface area contributed by atoms with E-state index in [-0.39, 0.29) is 17.6 Å². The number of hydrogen-bond donors (Lipinski definition) is 1. The Morgan fingerprint density at radius 1 is 1.17 bits per heavy atom. The number of thioether (sulfide) groups is 1. The number of benzene rings is 2. The summed E-state index contributed by atoms with van der Waals surface area (Å²) in [5, 5.41) is 3.85. The van der Waals surface area contributed by atoms with Crippen molar-refractivity contribution >= 4 is 46.8 Å². The Kier molecular flexibility index (Phi) is 9.34. The highest BCUT2D eigenvalue weighted by Crippen LogP contribution is 2.25. The van der Waals surface area contributed by atoms with Crippen molar-refractivity contribution in [3.63, 3.8) is 0 Å². The summed E-state index contributed by atoms with van der Waals surface area (Å²) in [5.41, 5.74) is 3.05. The molecule has 0 bridgehead atoms. The summed E-state index contributed by atoms with van der Waals surface area (Å²) in [4.78, 5) is 27.1. The molecule has 0 saturated carbocycles. The fourth-order valence-corrected chi connectivity index (χ4v) is 4.53. The van der Waals surface area contributed by atoms with Gasteiger partial charge in [0, 0.05) is 29.4 Å². The maximum absolute atomic E-state index is 13.1. The summed E-state index contributed by atoms with van der Waals surface area (Å²) >= 11 is 13.6. The van der Waals surface area contributed by atoms with Crippen molar-refractivity contribution in [2.45, 2.75) is 38.6 Å². The van der Waals surface area contributed by atoms with E-state index in [4.69, 9.17) is 23.2 Å². The largest absolute Gasteiger partial charge is 0.357 e. The van der Waals surface area contributed by atoms with E-state index in [9.17, 15) is 9.59 Å². The van der Waals surface area contributed by atoms with Crippen molar-refractivity contribution in [3.8, 4) is 0 Å². The van der Waals surface area contributed by atoms with Crippen LogP contribution in [0.1, 0.15) is 30.0 Å². The monoisotopic (exact) mass is 452 g/mol. The van der Waals surface area contributed by atoms with Crippen LogP contribution in [0.15, 0.2) is 42.5 Å². The quantitative estimate of drug-likeness (QED) is 0.576. The molecule has 1 atom stereocenters. The van der Waals surface area contributed by atoms with Crippen molar-refractivity contribution in [2.24, 2.45) is 0 Å². The van der Waals surface area contributed by atoms with Crippen LogP contribution in [-0.2, 0) is 21.9 Å². The van der Waals surface area contributed by atoms with E-state index in [1.54, 1.807) is 24.1 Å². The van der Waals surface area contributed by atoms with Crippen molar-refractivity contribution in [1.29, 1.82) is 0 Å². The first kappa shape index (κ1) is 23.6. The van der Waals surface area contributed by atoms with Gasteiger partial charge in [-0.25, -0.2) is 0 Å². The number of halogens is 2. The van der Waals surface area contributed by atoms with Gasteiger partial charge in [0.1, 0.15) is 6.04 Å². The van der Waals surface area contributed by atoms with Gasteiger partial charge in [-0.3, -0.25) is 9.59 Å². The van der Waals surface area contributed by atoms with Crippen molar-refractivity contribution < 1.29 is 9.59 Å². The van der Waals surface area contributed by atoms with E-state index < -0.39 is 6.04 Å². The smallest absolute Gasteiger partial charge is 0.242 e. The molecular weight excluding hydrogens is 427 g/mol. The molecule has 2 rings (SSSR count). The highest BCUT2D eigenvalue weighted by atomic mass is 35.5. The summed E-state index contributed by atoms with van der Waals surface area (Å²) in [6, 6.07) is 12.8. The van der Waals surface area contributed by atoms with E-state index in [1.807, 2.05) is 44.2 Å². The molecule has 156 valence electrons. The van der Waals surface area contributed by atoms with Gasteiger partial charge in [0.05, 0.1) is 5.75 Å². The maximum atomic E-state index is 13.1. The fourth-order valence-electron chi connectivity index (χ4n) is 3.06. The van der Waals surface area contributed by atoms with Gasteiger partial charge in [0.2, 0.25) is 11.8 Å². The number of aryl methyl sites for hydroxylation is 1. The molecule has 0 aliphatic carbocycles. The number of hydrogen-bond acceptors (Lipinski definition) is 3. The third-order valence-corrected chi connectivity index (χ3v) is 6.12. The Morgan fingerprint density at radius 3 is 2.55 bits per heavy atom. The number of rotatable bonds is 9. The second kappa shape index (κ2) is 11.5. The molecule has 0 aliphatic heterocycles. The lowest BCUT2D eigenvalue weighted by Crippen LogP contribution is -2.48. The average Bonchev–Trinajstić information content (AvgIpc) is 2.69. The molecule has 0 radical (unpaired) electrons. The van der Waals surface area contributed by atoms with Crippen molar-refractivity contribution in [3.05, 3.63) is 69.2 Å². The molecule has 1 N–H and O–H groups in total. The molecule has 2 amide bonds. The Morgan fingerprint density at radius 2 is 1.93 bits per heavy atom. The van der Waals surface area contributed by atoms with E-state index >= 15 is 0 Å². The first-order chi connectivity index (χ1) is 13.8. The highest BCUT2D eigenvalue weighted by molar-refractivity contribution is 7.99. The molecule has 29 heavy (non-hydrogen) atoms. The van der Waals surface area contributed by atoms with Gasteiger partial charge < -0.3 is 10.2 Å². The summed E-state index contributed by atoms with van der Waals surface area (Å²) in [7, 11) is 1.59. The number of nitrogens with one attached hydrogen (secondary N) is 1. The summed E-state index contributed by atoms with van der Waals surface area (Å²) < 4.78 is 0. The molecule has 0 fully saturated rings. The molecule has 0 aromatic heterocycles. The SMILES string of the molecule is CC[C@@H](C(=O)NC)N(Cc1cccc(C)c1)C(=O)CSCc1ccc(Cl)cc1Cl. The van der Waals surface area contributed by atoms with Gasteiger partial charge in [0.15, 0.2) is 0 Å². The van der Waals surface area contributed by atoms with E-state index in [2.05, 4.69) is 5.32 Å². The number of carbonyl (C=O) groups is 2. The van der Waals surface area contributed by atoms with Crippen LogP contribution in [-0.4, -0.2) is 35.6 Å². The van der Waals surface area contributed by atoms with Gasteiger partial charge in [0.25, 0.3) is 0 Å². The van der Waals surface area contributed by atoms with Crippen LogP contribution in [0.25, 0.3) is 0 Å². The van der Waals surface area contributed by atoms with Crippen LogP contribution >= 0.6 is 35.0 Å². The summed E-state index contributed by atoms with van der Waals surface area (Å²) in [6.45, 7) is 4.32. The fraction of sp³-hybridized carbons (Fsp3) is 0.364. The van der Waals surface area contributed by atoms with Gasteiger partial charge in [-0.1, -0.05) is 66.0 Å². The molecule has 2 aromatic rings. The molecule has 2 aromatic carbocycles. The topological polar surface area (TPSA) is 49.4 Å². The first-order valence-electron chi connectivity index (χ1n) is 9.44. The number of amides is 2. The minimum Gasteiger partial charge on any atom is -0.357 e. The second-order valence-corrected chi connectivity index (χ2v) is 8.61. The van der Waals surface area contributed by atoms with Gasteiger partial charge >= 0.3 is 0 Å². The molecule has 0 unspecified atom stereocenters. The lowest BCUT2D eigenvalue weighted by molar-refractivity contribution is -0.139. The van der Waals surface area contributed by atoms with Crippen molar-refractivity contribution in [1.82, 2.24) is 10.2 Å². The Bertz CT molecular complexity index is 860. The molecule has 4 nitrogen and oxygen atoms in total. The van der Waals surface area contributed by atoms with Crippen LogP contribution < -0.4 is 5.32 Å². The minimum atomic E-state index is -0.507. The van der Waals surface area contributed by atoms with Gasteiger partial charge in [-0.2, -0.15) is 0 Å². The maximum Gasteiger partial charge on any atom is 0.242 e. The highest BCUT2D eigenvalue weighted by Gasteiger charge is 2.27. The second-order valence-electron chi connectivity index (χ2n) is 6.78. The lowest BCUT2D eigenvalue weighted by Gasteiger charge is -2.30. The number of carbonyl (C=O) groups excluding carboxylic acids is 2. The molecule has 0 aliphatic rings. The van der Waals surface area contributed by atoms with E-state index in [0.717, 1.165) is 16.7 Å². The molecule has 0 heterocycles. The normalized spacial score (nSPS) is 11.8. The number of nitrogens with zero attached hydrogens (tertiary/aromatic N) is 1. The van der Waals surface area contributed by atoms with Gasteiger partial charge in [-0.15, -0.1) is 11.8 Å². The van der Waals surface area contributed by atoms with Crippen LogP contribution in [0.5, 0.6) is 0 Å². The molecule has 0 spiro atoms. The Balaban J connectivity index is 2.11. The lowest BCUT2D eigenvalue weighted by atomic mass is 10.1. The zero-order valence-electron chi connectivity index (χ0n) is 16.9. The molecule has 7 heteroatoms. The summed E-state index contributed by atoms with van der Waals surface area (Å²) in [5.74, 6) is 0.631. The van der Waals surface area contributed by atoms with E-state index in [1.165, 1.54) is 11.8 Å². The average molecular weight is 453 g/mol. The van der Waals surface area contributed by atoms with Gasteiger partial charge in [-0.05, 0) is 36.6 Å². The Hall–Kier alpha value is -1.69. The zero-order valence-corrected chi connectivity index (χ0v) is 19.2. The molecule has 0 saturated heterocycles. The first-order valence-corrected chi connectivity index (χ1v) is 11.3. The predicted molar refractivity (Wildman–Crippen MR) is 122 cm³/mol. The predicted octanol–water partition coefficient (Wildman–Crippen LogP) is 5.09. The third kappa shape index (κ3) is 6.95. The standard InChI is InChI=1S/C22H26Cl2N2O2S/c1-4-20(22(28)25-3)26(12-16-7-5-6-15(2)10-16)21(27)14-29-13-17-8-9-18(23)11-19(17)24/h5-11,20H,4,12-14H2,1-3H3,(H,25,28)/t20-/m0/s1. The molecular formula is C22H26Cl2N2O2S. The van der Waals surface area contributed by atoms with Crippen LogP contribution in [0.3, 0.4) is 0 Å². The van der Waals surface area contributed by atoms with E-state index in [0.29, 0.717) is 28.8 Å². The third-order valence-electron chi connectivity index (χ3n) is 4.57. The van der Waals surface area contributed by atoms with Crippen LogP contribution in [0.4, 0.5) is 0 Å². The summed E-state index contributed by atoms with van der Waals surface area (Å²) in [6.07, 6.45) is 0.547. The van der Waals surface area contributed by atoms with Crippen LogP contribution in [0, 0.1) is 6.92 Å². The zero-order chi connectivity index (χ0) is 21.4. The van der Waals surface area contributed by atoms with Crippen molar-refractivity contribution in [2.75, 3.05) is 12.8 Å². The number of likely N-dealkylation sites (N-methyl/N-ethyl adjacent to an activating group) is 1. The Labute approximate surface area is 187 Å².